The minimum atomic E-state index is -0.996. The standard InChI is InChI=1S/C19H22N2O4S/c1-21(11-14-12-24-9-10-25-14)18-16(19(22)23)7-8-17(20-18)13-3-5-15(26-2)6-4-13/h3-8,14H,9-12H2,1-2H3,(H,22,23). The van der Waals surface area contributed by atoms with E-state index < -0.39 is 5.97 Å². The third-order valence-electron chi connectivity index (χ3n) is 4.22. The van der Waals surface area contributed by atoms with Gasteiger partial charge in [0.15, 0.2) is 0 Å². The topological polar surface area (TPSA) is 71.9 Å². The number of nitrogens with zero attached hydrogens (tertiary/aromatic N) is 2. The third kappa shape index (κ3) is 4.35. The molecule has 1 aliphatic heterocycles. The summed E-state index contributed by atoms with van der Waals surface area (Å²) in [6.45, 7) is 2.17. The van der Waals surface area contributed by atoms with Crippen LogP contribution in [-0.4, -0.2) is 61.8 Å². The van der Waals surface area contributed by atoms with E-state index >= 15 is 0 Å². The maximum Gasteiger partial charge on any atom is 0.339 e. The van der Waals surface area contributed by atoms with Crippen LogP contribution < -0.4 is 4.90 Å². The Morgan fingerprint density at radius 1 is 1.27 bits per heavy atom. The number of carboxylic acids is 1. The molecule has 1 aliphatic rings. The van der Waals surface area contributed by atoms with Crippen LogP contribution in [0.4, 0.5) is 5.82 Å². The van der Waals surface area contributed by atoms with Crippen molar-refractivity contribution in [1.82, 2.24) is 4.98 Å². The SMILES string of the molecule is CSc1ccc(-c2ccc(C(=O)O)c(N(C)CC3COCCO3)n2)cc1. The highest BCUT2D eigenvalue weighted by Crippen LogP contribution is 2.26. The maximum absolute atomic E-state index is 11.6. The van der Waals surface area contributed by atoms with Crippen molar-refractivity contribution in [3.8, 4) is 11.3 Å². The summed E-state index contributed by atoms with van der Waals surface area (Å²) in [7, 11) is 1.83. The van der Waals surface area contributed by atoms with Gasteiger partial charge >= 0.3 is 5.97 Å². The fourth-order valence-electron chi connectivity index (χ4n) is 2.86. The number of aromatic nitrogens is 1. The molecular formula is C19H22N2O4S. The molecule has 26 heavy (non-hydrogen) atoms. The second kappa shape index (κ2) is 8.53. The fraction of sp³-hybridized carbons (Fsp3) is 0.368. The number of pyridine rings is 1. The molecule has 6 nitrogen and oxygen atoms in total. The molecule has 1 atom stereocenters. The van der Waals surface area contributed by atoms with Crippen molar-refractivity contribution < 1.29 is 19.4 Å². The molecule has 0 saturated carbocycles. The van der Waals surface area contributed by atoms with Crippen LogP contribution in [-0.2, 0) is 9.47 Å². The number of hydrogen-bond donors (Lipinski definition) is 1. The van der Waals surface area contributed by atoms with Crippen molar-refractivity contribution >= 4 is 23.5 Å². The van der Waals surface area contributed by atoms with E-state index in [0.717, 1.165) is 11.3 Å². The smallest absolute Gasteiger partial charge is 0.339 e. The molecule has 1 unspecified atom stereocenters. The summed E-state index contributed by atoms with van der Waals surface area (Å²) in [5, 5.41) is 9.52. The first kappa shape index (κ1) is 18.7. The predicted octanol–water partition coefficient (Wildman–Crippen LogP) is 3.02. The fourth-order valence-corrected chi connectivity index (χ4v) is 3.27. The average Bonchev–Trinajstić information content (AvgIpc) is 2.68. The number of hydrogen-bond acceptors (Lipinski definition) is 6. The van der Waals surface area contributed by atoms with Gasteiger partial charge in [-0.15, -0.1) is 11.8 Å². The minimum Gasteiger partial charge on any atom is -0.478 e. The summed E-state index contributed by atoms with van der Waals surface area (Å²) in [6.07, 6.45) is 1.93. The number of likely N-dealkylation sites (N-methyl/N-ethyl adjacent to an activating group) is 1. The van der Waals surface area contributed by atoms with Crippen molar-refractivity contribution in [3.05, 3.63) is 42.0 Å². The Bertz CT molecular complexity index is 761. The second-order valence-electron chi connectivity index (χ2n) is 6.05. The molecule has 0 aliphatic carbocycles. The van der Waals surface area contributed by atoms with Crippen LogP contribution in [0.5, 0.6) is 0 Å². The van der Waals surface area contributed by atoms with Gasteiger partial charge in [0, 0.05) is 24.1 Å². The lowest BCUT2D eigenvalue weighted by Crippen LogP contribution is -2.39. The van der Waals surface area contributed by atoms with Gasteiger partial charge in [-0.2, -0.15) is 0 Å². The van der Waals surface area contributed by atoms with Gasteiger partial charge in [0.25, 0.3) is 0 Å². The summed E-state index contributed by atoms with van der Waals surface area (Å²) in [5.74, 6) is -0.567. The first-order valence-corrected chi connectivity index (χ1v) is 9.60. The van der Waals surface area contributed by atoms with E-state index in [1.54, 1.807) is 23.9 Å². The minimum absolute atomic E-state index is 0.0956. The Morgan fingerprint density at radius 2 is 2.04 bits per heavy atom. The number of ether oxygens (including phenoxy) is 2. The normalized spacial score (nSPS) is 17.1. The summed E-state index contributed by atoms with van der Waals surface area (Å²) < 4.78 is 11.1. The number of rotatable bonds is 6. The Morgan fingerprint density at radius 3 is 2.65 bits per heavy atom. The van der Waals surface area contributed by atoms with Crippen LogP contribution in [0, 0.1) is 0 Å². The highest BCUT2D eigenvalue weighted by molar-refractivity contribution is 7.98. The van der Waals surface area contributed by atoms with Crippen molar-refractivity contribution in [1.29, 1.82) is 0 Å². The second-order valence-corrected chi connectivity index (χ2v) is 6.93. The lowest BCUT2D eigenvalue weighted by atomic mass is 10.1. The van der Waals surface area contributed by atoms with Crippen LogP contribution in [0.2, 0.25) is 0 Å². The number of carboxylic acid groups (broad SMARTS) is 1. The molecule has 7 heteroatoms. The first-order chi connectivity index (χ1) is 12.6. The van der Waals surface area contributed by atoms with E-state index in [-0.39, 0.29) is 11.7 Å². The quantitative estimate of drug-likeness (QED) is 0.779. The lowest BCUT2D eigenvalue weighted by molar-refractivity contribution is -0.0837. The largest absolute Gasteiger partial charge is 0.478 e. The Labute approximate surface area is 157 Å². The highest BCUT2D eigenvalue weighted by Gasteiger charge is 2.21. The van der Waals surface area contributed by atoms with Crippen molar-refractivity contribution in [2.45, 2.75) is 11.0 Å². The average molecular weight is 374 g/mol. The van der Waals surface area contributed by atoms with E-state index in [1.807, 2.05) is 42.5 Å². The number of carbonyl (C=O) groups is 1. The summed E-state index contributed by atoms with van der Waals surface area (Å²) in [4.78, 5) is 19.2. The van der Waals surface area contributed by atoms with Gasteiger partial charge in [0.1, 0.15) is 11.4 Å². The lowest BCUT2D eigenvalue weighted by Gasteiger charge is -2.28. The van der Waals surface area contributed by atoms with Crippen LogP contribution >= 0.6 is 11.8 Å². The molecule has 3 rings (SSSR count). The van der Waals surface area contributed by atoms with Gasteiger partial charge in [0.2, 0.25) is 0 Å². The summed E-state index contributed by atoms with van der Waals surface area (Å²) >= 11 is 1.67. The first-order valence-electron chi connectivity index (χ1n) is 8.37. The predicted molar refractivity (Wildman–Crippen MR) is 102 cm³/mol. The Hall–Kier alpha value is -2.09. The zero-order valence-electron chi connectivity index (χ0n) is 14.8. The zero-order chi connectivity index (χ0) is 18.5. The number of benzene rings is 1. The molecule has 0 bridgehead atoms. The van der Waals surface area contributed by atoms with E-state index in [0.29, 0.717) is 32.2 Å². The molecule has 0 radical (unpaired) electrons. The zero-order valence-corrected chi connectivity index (χ0v) is 15.7. The molecule has 1 aromatic carbocycles. The molecular weight excluding hydrogens is 352 g/mol. The molecule has 1 saturated heterocycles. The molecule has 138 valence electrons. The number of thioether (sulfide) groups is 1. The van der Waals surface area contributed by atoms with E-state index in [2.05, 4.69) is 4.98 Å². The molecule has 0 amide bonds. The van der Waals surface area contributed by atoms with Crippen LogP contribution in [0.15, 0.2) is 41.3 Å². The van der Waals surface area contributed by atoms with Crippen LogP contribution in [0.1, 0.15) is 10.4 Å². The van der Waals surface area contributed by atoms with Crippen molar-refractivity contribution in [2.24, 2.45) is 0 Å². The van der Waals surface area contributed by atoms with Gasteiger partial charge in [0.05, 0.1) is 31.6 Å². The van der Waals surface area contributed by atoms with Gasteiger partial charge in [-0.1, -0.05) is 12.1 Å². The van der Waals surface area contributed by atoms with E-state index in [9.17, 15) is 9.90 Å². The van der Waals surface area contributed by atoms with Gasteiger partial charge in [-0.05, 0) is 30.5 Å². The number of aromatic carboxylic acids is 1. The highest BCUT2D eigenvalue weighted by atomic mass is 32.2. The molecule has 0 spiro atoms. The molecule has 1 fully saturated rings. The Kier molecular flexibility index (Phi) is 6.13. The Balaban J connectivity index is 1.88. The van der Waals surface area contributed by atoms with Crippen LogP contribution in [0.3, 0.4) is 0 Å². The molecule has 2 aromatic rings. The van der Waals surface area contributed by atoms with Crippen molar-refractivity contribution in [2.75, 3.05) is 44.6 Å². The molecule has 1 N–H and O–H groups in total. The van der Waals surface area contributed by atoms with Gasteiger partial charge in [-0.3, -0.25) is 0 Å². The van der Waals surface area contributed by atoms with Gasteiger partial charge in [-0.25, -0.2) is 9.78 Å². The maximum atomic E-state index is 11.6. The van der Waals surface area contributed by atoms with E-state index in [1.165, 1.54) is 4.90 Å². The van der Waals surface area contributed by atoms with Crippen LogP contribution in [0.25, 0.3) is 11.3 Å². The van der Waals surface area contributed by atoms with Crippen molar-refractivity contribution in [3.63, 3.8) is 0 Å². The monoisotopic (exact) mass is 374 g/mol. The molecule has 1 aromatic heterocycles. The third-order valence-corrected chi connectivity index (χ3v) is 4.96. The number of anilines is 1. The summed E-state index contributed by atoms with van der Waals surface area (Å²) in [6, 6.07) is 11.4. The summed E-state index contributed by atoms with van der Waals surface area (Å²) in [5.41, 5.74) is 1.87. The van der Waals surface area contributed by atoms with Gasteiger partial charge < -0.3 is 19.5 Å². The molecule has 2 heterocycles. The van der Waals surface area contributed by atoms with E-state index in [4.69, 9.17) is 9.47 Å².